The molecular formula is C20H20N2O3S2. The highest BCUT2D eigenvalue weighted by Gasteiger charge is 2.34. The molecule has 2 aromatic heterocycles. The van der Waals surface area contributed by atoms with Crippen LogP contribution in [0.15, 0.2) is 64.7 Å². The van der Waals surface area contributed by atoms with Gasteiger partial charge in [0.15, 0.2) is 0 Å². The van der Waals surface area contributed by atoms with Crippen LogP contribution in [0.3, 0.4) is 0 Å². The molecule has 27 heavy (non-hydrogen) atoms. The van der Waals surface area contributed by atoms with E-state index in [2.05, 4.69) is 10.6 Å². The number of thiophene rings is 2. The highest BCUT2D eigenvalue weighted by Crippen LogP contribution is 2.33. The topological polar surface area (TPSA) is 78.4 Å². The molecule has 7 heteroatoms. The lowest BCUT2D eigenvalue weighted by molar-refractivity contribution is -0.140. The molecule has 3 rings (SSSR count). The van der Waals surface area contributed by atoms with Gasteiger partial charge in [0.25, 0.3) is 0 Å². The number of aliphatic hydroxyl groups is 1. The summed E-state index contributed by atoms with van der Waals surface area (Å²) in [7, 11) is 0. The van der Waals surface area contributed by atoms with Crippen molar-refractivity contribution < 1.29 is 14.7 Å². The molecule has 0 spiro atoms. The van der Waals surface area contributed by atoms with Gasteiger partial charge in [0.05, 0.1) is 12.6 Å². The lowest BCUT2D eigenvalue weighted by Crippen LogP contribution is -2.46. The van der Waals surface area contributed by atoms with Crippen LogP contribution in [-0.4, -0.2) is 23.5 Å². The van der Waals surface area contributed by atoms with Crippen molar-refractivity contribution in [3.05, 3.63) is 80.7 Å². The van der Waals surface area contributed by atoms with Gasteiger partial charge in [-0.05, 0) is 40.8 Å². The quantitative estimate of drug-likeness (QED) is 0.557. The van der Waals surface area contributed by atoms with E-state index in [1.807, 2.05) is 71.6 Å². The Morgan fingerprint density at radius 1 is 1.07 bits per heavy atom. The normalized spacial score (nSPS) is 14.1. The minimum atomic E-state index is -1.37. The second kappa shape index (κ2) is 8.47. The molecule has 0 fully saturated rings. The first-order valence-electron chi connectivity index (χ1n) is 8.43. The fraction of sp³-hybridized carbons (Fsp3) is 0.200. The number of rotatable bonds is 6. The average molecular weight is 401 g/mol. The minimum Gasteiger partial charge on any atom is -0.378 e. The van der Waals surface area contributed by atoms with Crippen LogP contribution in [0.25, 0.3) is 0 Å². The van der Waals surface area contributed by atoms with E-state index in [-0.39, 0.29) is 12.6 Å². The molecule has 0 saturated carbocycles. The van der Waals surface area contributed by atoms with Crippen molar-refractivity contribution in [1.29, 1.82) is 0 Å². The van der Waals surface area contributed by atoms with Gasteiger partial charge in [0.1, 0.15) is 5.60 Å². The fourth-order valence-corrected chi connectivity index (χ4v) is 4.29. The first kappa shape index (κ1) is 19.3. The SMILES string of the molecule is C[C@H](NC(=O)C(=O)NC[C@](O)(c1ccsc1)c1cccs1)c1ccccc1. The standard InChI is InChI=1S/C20H20N2O3S2/c1-14(15-6-3-2-4-7-15)22-19(24)18(23)21-13-20(25,16-9-11-26-12-16)17-8-5-10-27-17/h2-12,14,25H,13H2,1H3,(H,21,23)(H,22,24)/t14-,20-/m0/s1. The minimum absolute atomic E-state index is 0.0871. The molecule has 0 saturated heterocycles. The molecule has 0 aliphatic carbocycles. The van der Waals surface area contributed by atoms with Crippen molar-refractivity contribution in [3.8, 4) is 0 Å². The van der Waals surface area contributed by atoms with E-state index in [1.165, 1.54) is 22.7 Å². The van der Waals surface area contributed by atoms with Crippen LogP contribution < -0.4 is 10.6 Å². The molecule has 0 radical (unpaired) electrons. The predicted molar refractivity (Wildman–Crippen MR) is 108 cm³/mol. The Morgan fingerprint density at radius 2 is 1.85 bits per heavy atom. The number of nitrogens with one attached hydrogen (secondary N) is 2. The highest BCUT2D eigenvalue weighted by atomic mass is 32.1. The van der Waals surface area contributed by atoms with Crippen LogP contribution in [-0.2, 0) is 15.2 Å². The Hall–Kier alpha value is -2.48. The van der Waals surface area contributed by atoms with E-state index in [0.717, 1.165) is 5.56 Å². The molecule has 0 bridgehead atoms. The zero-order chi connectivity index (χ0) is 19.3. The molecule has 0 aliphatic heterocycles. The van der Waals surface area contributed by atoms with Gasteiger partial charge in [-0.2, -0.15) is 11.3 Å². The van der Waals surface area contributed by atoms with Gasteiger partial charge in [-0.1, -0.05) is 36.4 Å². The van der Waals surface area contributed by atoms with E-state index in [9.17, 15) is 14.7 Å². The number of amides is 2. The van der Waals surface area contributed by atoms with Gasteiger partial charge >= 0.3 is 11.8 Å². The molecule has 2 amide bonds. The predicted octanol–water partition coefficient (Wildman–Crippen LogP) is 3.04. The second-order valence-electron chi connectivity index (χ2n) is 6.14. The van der Waals surface area contributed by atoms with Crippen LogP contribution in [0.1, 0.15) is 29.0 Å². The molecule has 1 aromatic carbocycles. The molecule has 3 N–H and O–H groups in total. The molecule has 0 unspecified atom stereocenters. The van der Waals surface area contributed by atoms with Gasteiger partial charge in [0.2, 0.25) is 0 Å². The smallest absolute Gasteiger partial charge is 0.309 e. The van der Waals surface area contributed by atoms with Crippen molar-refractivity contribution in [2.75, 3.05) is 6.54 Å². The maximum atomic E-state index is 12.3. The molecule has 2 atom stereocenters. The van der Waals surface area contributed by atoms with Crippen LogP contribution in [0.5, 0.6) is 0 Å². The third kappa shape index (κ3) is 4.44. The Labute approximate surface area is 165 Å². The molecular weight excluding hydrogens is 380 g/mol. The van der Waals surface area contributed by atoms with Crippen molar-refractivity contribution in [1.82, 2.24) is 10.6 Å². The lowest BCUT2D eigenvalue weighted by atomic mass is 9.94. The number of hydrogen-bond donors (Lipinski definition) is 3. The summed E-state index contributed by atoms with van der Waals surface area (Å²) >= 11 is 2.86. The summed E-state index contributed by atoms with van der Waals surface area (Å²) in [5, 5.41) is 22.0. The van der Waals surface area contributed by atoms with Crippen molar-refractivity contribution in [3.63, 3.8) is 0 Å². The van der Waals surface area contributed by atoms with Gasteiger partial charge in [-0.15, -0.1) is 11.3 Å². The maximum Gasteiger partial charge on any atom is 0.309 e. The maximum absolute atomic E-state index is 12.3. The monoisotopic (exact) mass is 400 g/mol. The van der Waals surface area contributed by atoms with Crippen LogP contribution in [0.4, 0.5) is 0 Å². The van der Waals surface area contributed by atoms with Crippen molar-refractivity contribution in [2.45, 2.75) is 18.6 Å². The van der Waals surface area contributed by atoms with E-state index in [0.29, 0.717) is 10.4 Å². The van der Waals surface area contributed by atoms with E-state index in [1.54, 1.807) is 0 Å². The van der Waals surface area contributed by atoms with E-state index >= 15 is 0 Å². The molecule has 0 aliphatic rings. The Bertz CT molecular complexity index is 843. The summed E-state index contributed by atoms with van der Waals surface area (Å²) in [5.41, 5.74) is 0.232. The number of carbonyl (C=O) groups excluding carboxylic acids is 2. The summed E-state index contributed by atoms with van der Waals surface area (Å²) in [6.07, 6.45) is 0. The van der Waals surface area contributed by atoms with E-state index in [4.69, 9.17) is 0 Å². The lowest BCUT2D eigenvalue weighted by Gasteiger charge is -2.27. The van der Waals surface area contributed by atoms with Crippen molar-refractivity contribution in [2.24, 2.45) is 0 Å². The average Bonchev–Trinajstić information content (AvgIpc) is 3.40. The van der Waals surface area contributed by atoms with E-state index < -0.39 is 17.4 Å². The molecule has 5 nitrogen and oxygen atoms in total. The van der Waals surface area contributed by atoms with Crippen LogP contribution in [0, 0.1) is 0 Å². The van der Waals surface area contributed by atoms with Gasteiger partial charge in [-0.3, -0.25) is 9.59 Å². The molecule has 3 aromatic rings. The third-order valence-electron chi connectivity index (χ3n) is 4.29. The summed E-state index contributed by atoms with van der Waals surface area (Å²) in [4.78, 5) is 25.2. The summed E-state index contributed by atoms with van der Waals surface area (Å²) in [5.74, 6) is -1.51. The van der Waals surface area contributed by atoms with Gasteiger partial charge in [0, 0.05) is 10.4 Å². The number of hydrogen-bond acceptors (Lipinski definition) is 5. The number of benzene rings is 1. The molecule has 140 valence electrons. The van der Waals surface area contributed by atoms with Crippen LogP contribution in [0.2, 0.25) is 0 Å². The summed E-state index contributed by atoms with van der Waals surface area (Å²) in [6, 6.07) is 14.6. The largest absolute Gasteiger partial charge is 0.378 e. The first-order valence-corrected chi connectivity index (χ1v) is 10.3. The Balaban J connectivity index is 1.65. The highest BCUT2D eigenvalue weighted by molar-refractivity contribution is 7.10. The van der Waals surface area contributed by atoms with Gasteiger partial charge in [-0.25, -0.2) is 0 Å². The zero-order valence-corrected chi connectivity index (χ0v) is 16.3. The summed E-state index contributed by atoms with van der Waals surface area (Å²) in [6.45, 7) is 1.73. The van der Waals surface area contributed by atoms with Crippen molar-refractivity contribution >= 4 is 34.5 Å². The first-order chi connectivity index (χ1) is 13.0. The Morgan fingerprint density at radius 3 is 2.48 bits per heavy atom. The third-order valence-corrected chi connectivity index (χ3v) is 5.99. The number of carbonyl (C=O) groups is 2. The second-order valence-corrected chi connectivity index (χ2v) is 7.87. The Kier molecular flexibility index (Phi) is 6.05. The van der Waals surface area contributed by atoms with Gasteiger partial charge < -0.3 is 15.7 Å². The fourth-order valence-electron chi connectivity index (χ4n) is 2.72. The zero-order valence-electron chi connectivity index (χ0n) is 14.7. The molecule has 2 heterocycles. The summed E-state index contributed by atoms with van der Waals surface area (Å²) < 4.78 is 0. The van der Waals surface area contributed by atoms with Crippen LogP contribution >= 0.6 is 22.7 Å².